The average molecular weight is 191 g/mol. The van der Waals surface area contributed by atoms with Crippen molar-refractivity contribution >= 4 is 11.8 Å². The van der Waals surface area contributed by atoms with Crippen molar-refractivity contribution in [2.24, 2.45) is 5.92 Å². The first-order chi connectivity index (χ1) is 5.81. The Morgan fingerprint density at radius 3 is 2.83 bits per heavy atom. The summed E-state index contributed by atoms with van der Waals surface area (Å²) in [6.45, 7) is 6.72. The van der Waals surface area contributed by atoms with Gasteiger partial charge in [0.15, 0.2) is 0 Å². The summed E-state index contributed by atoms with van der Waals surface area (Å²) in [5.74, 6) is 2.74. The highest BCUT2D eigenvalue weighted by Crippen LogP contribution is 2.08. The molecule has 3 heteroatoms. The number of thioether (sulfide) groups is 1. The molecule has 0 saturated carbocycles. The van der Waals surface area contributed by atoms with Crippen molar-refractivity contribution < 1.29 is 5.11 Å². The summed E-state index contributed by atoms with van der Waals surface area (Å²) in [5.41, 5.74) is 0. The Labute approximate surface area is 80.1 Å². The molecule has 0 heterocycles. The molecule has 0 aromatic heterocycles. The van der Waals surface area contributed by atoms with Gasteiger partial charge in [0.2, 0.25) is 0 Å². The van der Waals surface area contributed by atoms with Crippen LogP contribution in [-0.4, -0.2) is 36.3 Å². The molecule has 0 amide bonds. The van der Waals surface area contributed by atoms with Crippen molar-refractivity contribution in [1.82, 2.24) is 5.32 Å². The van der Waals surface area contributed by atoms with Gasteiger partial charge in [-0.05, 0) is 36.9 Å². The third-order valence-electron chi connectivity index (χ3n) is 1.61. The van der Waals surface area contributed by atoms with E-state index in [1.807, 2.05) is 11.8 Å². The first-order valence-electron chi connectivity index (χ1n) is 4.70. The van der Waals surface area contributed by atoms with Crippen molar-refractivity contribution in [2.45, 2.75) is 20.3 Å². The Hall–Kier alpha value is 0.270. The van der Waals surface area contributed by atoms with Gasteiger partial charge in [0.25, 0.3) is 0 Å². The van der Waals surface area contributed by atoms with Gasteiger partial charge >= 0.3 is 0 Å². The van der Waals surface area contributed by atoms with Crippen LogP contribution in [0.4, 0.5) is 0 Å². The molecular weight excluding hydrogens is 170 g/mol. The van der Waals surface area contributed by atoms with Crippen molar-refractivity contribution in [3.05, 3.63) is 0 Å². The van der Waals surface area contributed by atoms with Crippen LogP contribution in [0, 0.1) is 5.92 Å². The lowest BCUT2D eigenvalue weighted by atomic mass is 10.2. The van der Waals surface area contributed by atoms with Crippen LogP contribution < -0.4 is 5.32 Å². The fourth-order valence-corrected chi connectivity index (χ4v) is 1.84. The van der Waals surface area contributed by atoms with E-state index < -0.39 is 0 Å². The standard InChI is InChI=1S/C9H21NOS/c1-3-10-5-4-6-12-8-9(2)7-11/h9-11H,3-8H2,1-2H3. The third kappa shape index (κ3) is 8.37. The van der Waals surface area contributed by atoms with Crippen LogP contribution in [0.5, 0.6) is 0 Å². The van der Waals surface area contributed by atoms with E-state index in [0.717, 1.165) is 18.8 Å². The van der Waals surface area contributed by atoms with Gasteiger partial charge in [0, 0.05) is 6.61 Å². The van der Waals surface area contributed by atoms with Gasteiger partial charge in [-0.2, -0.15) is 11.8 Å². The van der Waals surface area contributed by atoms with Crippen molar-refractivity contribution in [3.8, 4) is 0 Å². The summed E-state index contributed by atoms with van der Waals surface area (Å²) in [4.78, 5) is 0. The van der Waals surface area contributed by atoms with Crippen LogP contribution >= 0.6 is 11.8 Å². The fourth-order valence-electron chi connectivity index (χ4n) is 0.813. The maximum Gasteiger partial charge on any atom is 0.0464 e. The largest absolute Gasteiger partial charge is 0.396 e. The zero-order chi connectivity index (χ0) is 9.23. The van der Waals surface area contributed by atoms with Crippen LogP contribution in [0.3, 0.4) is 0 Å². The molecule has 0 aliphatic rings. The molecule has 0 radical (unpaired) electrons. The maximum absolute atomic E-state index is 8.75. The monoisotopic (exact) mass is 191 g/mol. The number of hydrogen-bond donors (Lipinski definition) is 2. The highest BCUT2D eigenvalue weighted by atomic mass is 32.2. The predicted molar refractivity (Wildman–Crippen MR) is 56.7 cm³/mol. The molecule has 2 nitrogen and oxygen atoms in total. The Kier molecular flexibility index (Phi) is 9.57. The molecule has 0 fully saturated rings. The van der Waals surface area contributed by atoms with Gasteiger partial charge in [-0.1, -0.05) is 13.8 Å². The molecule has 0 aromatic rings. The SMILES string of the molecule is CCNCCCSCC(C)CO. The highest BCUT2D eigenvalue weighted by molar-refractivity contribution is 7.99. The summed E-state index contributed by atoms with van der Waals surface area (Å²) in [6, 6.07) is 0. The zero-order valence-electron chi connectivity index (χ0n) is 8.18. The lowest BCUT2D eigenvalue weighted by Gasteiger charge is -2.06. The molecule has 0 aromatic carbocycles. The van der Waals surface area contributed by atoms with E-state index in [4.69, 9.17) is 5.11 Å². The molecule has 1 atom stereocenters. The van der Waals surface area contributed by atoms with Crippen LogP contribution in [-0.2, 0) is 0 Å². The van der Waals surface area contributed by atoms with Crippen LogP contribution in [0.25, 0.3) is 0 Å². The Balaban J connectivity index is 2.90. The van der Waals surface area contributed by atoms with E-state index in [-0.39, 0.29) is 0 Å². The molecule has 0 bridgehead atoms. The molecule has 1 unspecified atom stereocenters. The van der Waals surface area contributed by atoms with Gasteiger partial charge in [0.1, 0.15) is 0 Å². The molecule has 0 saturated heterocycles. The number of aliphatic hydroxyl groups excluding tert-OH is 1. The average Bonchev–Trinajstić information content (AvgIpc) is 2.10. The van der Waals surface area contributed by atoms with E-state index in [0.29, 0.717) is 12.5 Å². The Bertz CT molecular complexity index is 90.6. The number of aliphatic hydroxyl groups is 1. The predicted octanol–water partition coefficient (Wildman–Crippen LogP) is 1.35. The van der Waals surface area contributed by atoms with Gasteiger partial charge in [-0.15, -0.1) is 0 Å². The van der Waals surface area contributed by atoms with E-state index in [9.17, 15) is 0 Å². The van der Waals surface area contributed by atoms with Crippen molar-refractivity contribution in [1.29, 1.82) is 0 Å². The zero-order valence-corrected chi connectivity index (χ0v) is 8.99. The molecule has 0 aliphatic heterocycles. The van der Waals surface area contributed by atoms with Gasteiger partial charge in [-0.25, -0.2) is 0 Å². The maximum atomic E-state index is 8.75. The highest BCUT2D eigenvalue weighted by Gasteiger charge is 1.98. The van der Waals surface area contributed by atoms with Crippen molar-refractivity contribution in [2.75, 3.05) is 31.2 Å². The Morgan fingerprint density at radius 1 is 1.50 bits per heavy atom. The second kappa shape index (κ2) is 9.36. The topological polar surface area (TPSA) is 32.3 Å². The first kappa shape index (κ1) is 12.3. The van der Waals surface area contributed by atoms with E-state index in [1.165, 1.54) is 12.2 Å². The number of nitrogens with one attached hydrogen (secondary N) is 1. The summed E-state index contributed by atoms with van der Waals surface area (Å²) in [6.07, 6.45) is 1.23. The Morgan fingerprint density at radius 2 is 2.25 bits per heavy atom. The molecule has 2 N–H and O–H groups in total. The quantitative estimate of drug-likeness (QED) is 0.568. The molecule has 74 valence electrons. The first-order valence-corrected chi connectivity index (χ1v) is 5.86. The number of hydrogen-bond acceptors (Lipinski definition) is 3. The summed E-state index contributed by atoms with van der Waals surface area (Å²) >= 11 is 1.94. The van der Waals surface area contributed by atoms with Crippen LogP contribution in [0.15, 0.2) is 0 Å². The van der Waals surface area contributed by atoms with Crippen LogP contribution in [0.1, 0.15) is 20.3 Å². The lowest BCUT2D eigenvalue weighted by Crippen LogP contribution is -2.14. The molecule has 0 aliphatic carbocycles. The third-order valence-corrected chi connectivity index (χ3v) is 2.99. The van der Waals surface area contributed by atoms with Crippen LogP contribution in [0.2, 0.25) is 0 Å². The minimum atomic E-state index is 0.320. The molecule has 0 spiro atoms. The molecule has 12 heavy (non-hydrogen) atoms. The summed E-state index contributed by atoms with van der Waals surface area (Å²) in [5, 5.41) is 12.0. The minimum Gasteiger partial charge on any atom is -0.396 e. The van der Waals surface area contributed by atoms with Crippen molar-refractivity contribution in [3.63, 3.8) is 0 Å². The fraction of sp³-hybridized carbons (Fsp3) is 1.00. The second-order valence-corrected chi connectivity index (χ2v) is 4.22. The van der Waals surface area contributed by atoms with E-state index in [2.05, 4.69) is 19.2 Å². The molecular formula is C9H21NOS. The minimum absolute atomic E-state index is 0.320. The number of rotatable bonds is 8. The second-order valence-electron chi connectivity index (χ2n) is 3.07. The molecule has 0 rings (SSSR count). The smallest absolute Gasteiger partial charge is 0.0464 e. The summed E-state index contributed by atoms with van der Waals surface area (Å²) < 4.78 is 0. The lowest BCUT2D eigenvalue weighted by molar-refractivity contribution is 0.250. The summed E-state index contributed by atoms with van der Waals surface area (Å²) in [7, 11) is 0. The van der Waals surface area contributed by atoms with E-state index >= 15 is 0 Å². The van der Waals surface area contributed by atoms with Gasteiger partial charge in [0.05, 0.1) is 0 Å². The van der Waals surface area contributed by atoms with E-state index in [1.54, 1.807) is 0 Å². The normalized spacial score (nSPS) is 13.2. The van der Waals surface area contributed by atoms with Gasteiger partial charge < -0.3 is 10.4 Å². The van der Waals surface area contributed by atoms with Gasteiger partial charge in [-0.3, -0.25) is 0 Å².